The third kappa shape index (κ3) is 5.11. The molecule has 0 radical (unpaired) electrons. The monoisotopic (exact) mass is 435 g/mol. The van der Waals surface area contributed by atoms with E-state index in [-0.39, 0.29) is 5.56 Å². The van der Waals surface area contributed by atoms with Gasteiger partial charge in [-0.05, 0) is 47.9 Å². The molecule has 0 aliphatic carbocycles. The van der Waals surface area contributed by atoms with Crippen LogP contribution in [0.25, 0.3) is 10.9 Å². The van der Waals surface area contributed by atoms with Gasteiger partial charge in [0.25, 0.3) is 5.56 Å². The lowest BCUT2D eigenvalue weighted by molar-refractivity contribution is 0.662. The molecule has 4 nitrogen and oxygen atoms in total. The van der Waals surface area contributed by atoms with Gasteiger partial charge < -0.3 is 9.88 Å². The van der Waals surface area contributed by atoms with Crippen LogP contribution in [0.3, 0.4) is 0 Å². The largest absolute Gasteiger partial charge is 0.307 e. The lowest BCUT2D eigenvalue weighted by Crippen LogP contribution is -2.28. The standard InChI is InChI=1S/C24H22ClN3OS/c25-20-10-9-18-14-19(16-26-17-21-6-4-5-11-27-21)24(29)28(23(18)15-20)12-13-30-22-7-2-1-3-8-22/h1-11,14-15,26H,12-13,16-17H2. The minimum atomic E-state index is 0.0203. The molecule has 0 aliphatic heterocycles. The Balaban J connectivity index is 1.55. The minimum Gasteiger partial charge on any atom is -0.307 e. The molecule has 0 aliphatic rings. The van der Waals surface area contributed by atoms with E-state index in [0.29, 0.717) is 24.7 Å². The summed E-state index contributed by atoms with van der Waals surface area (Å²) in [5.74, 6) is 0.802. The molecular weight excluding hydrogens is 414 g/mol. The van der Waals surface area contributed by atoms with E-state index in [9.17, 15) is 4.79 Å². The fourth-order valence-electron chi connectivity index (χ4n) is 3.35. The van der Waals surface area contributed by atoms with Crippen LogP contribution >= 0.6 is 23.4 Å². The predicted octanol–water partition coefficient (Wildman–Crippen LogP) is 5.13. The number of nitrogens with zero attached hydrogens (tertiary/aromatic N) is 2. The molecule has 6 heteroatoms. The van der Waals surface area contributed by atoms with Crippen LogP contribution in [0.2, 0.25) is 5.02 Å². The van der Waals surface area contributed by atoms with Gasteiger partial charge in [-0.2, -0.15) is 0 Å². The van der Waals surface area contributed by atoms with Crippen LogP contribution in [0.5, 0.6) is 0 Å². The summed E-state index contributed by atoms with van der Waals surface area (Å²) in [5.41, 5.74) is 2.58. The SMILES string of the molecule is O=c1c(CNCc2ccccn2)cc2ccc(Cl)cc2n1CCSc1ccccc1. The molecule has 30 heavy (non-hydrogen) atoms. The van der Waals surface area contributed by atoms with E-state index >= 15 is 0 Å². The quantitative estimate of drug-likeness (QED) is 0.389. The molecule has 0 spiro atoms. The van der Waals surface area contributed by atoms with Crippen LogP contribution in [-0.2, 0) is 19.6 Å². The molecule has 152 valence electrons. The summed E-state index contributed by atoms with van der Waals surface area (Å²) in [5, 5.41) is 4.98. The topological polar surface area (TPSA) is 46.9 Å². The van der Waals surface area contributed by atoms with E-state index in [1.54, 1.807) is 18.0 Å². The first kappa shape index (κ1) is 20.7. The number of fused-ring (bicyclic) bond motifs is 1. The number of rotatable bonds is 8. The van der Waals surface area contributed by atoms with Gasteiger partial charge in [-0.3, -0.25) is 9.78 Å². The van der Waals surface area contributed by atoms with Crippen molar-refractivity contribution in [2.45, 2.75) is 24.5 Å². The van der Waals surface area contributed by atoms with Gasteiger partial charge in [0.2, 0.25) is 0 Å². The molecule has 2 heterocycles. The zero-order valence-electron chi connectivity index (χ0n) is 16.4. The van der Waals surface area contributed by atoms with Crippen molar-refractivity contribution in [1.29, 1.82) is 0 Å². The van der Waals surface area contributed by atoms with Crippen LogP contribution in [0.4, 0.5) is 0 Å². The third-order valence-electron chi connectivity index (χ3n) is 4.81. The first-order valence-electron chi connectivity index (χ1n) is 9.81. The highest BCUT2D eigenvalue weighted by Crippen LogP contribution is 2.21. The summed E-state index contributed by atoms with van der Waals surface area (Å²) in [6.45, 7) is 1.71. The number of hydrogen-bond donors (Lipinski definition) is 1. The smallest absolute Gasteiger partial charge is 0.255 e. The zero-order chi connectivity index (χ0) is 20.8. The van der Waals surface area contributed by atoms with Crippen molar-refractivity contribution in [2.24, 2.45) is 0 Å². The zero-order valence-corrected chi connectivity index (χ0v) is 18.0. The summed E-state index contributed by atoms with van der Waals surface area (Å²) in [6.07, 6.45) is 1.77. The molecule has 1 N–H and O–H groups in total. The first-order chi connectivity index (χ1) is 14.7. The number of nitrogens with one attached hydrogen (secondary N) is 1. The fraction of sp³-hybridized carbons (Fsp3) is 0.167. The number of benzene rings is 2. The van der Waals surface area contributed by atoms with Crippen molar-refractivity contribution in [1.82, 2.24) is 14.9 Å². The second kappa shape index (κ2) is 9.94. The van der Waals surface area contributed by atoms with Gasteiger partial charge in [0.05, 0.1) is 11.2 Å². The molecule has 0 atom stereocenters. The summed E-state index contributed by atoms with van der Waals surface area (Å²) >= 11 is 7.97. The Morgan fingerprint density at radius 2 is 1.80 bits per heavy atom. The maximum absolute atomic E-state index is 13.2. The molecular formula is C24H22ClN3OS. The van der Waals surface area contributed by atoms with Crippen molar-refractivity contribution in [3.05, 3.63) is 106 Å². The lowest BCUT2D eigenvalue weighted by Gasteiger charge is -2.14. The molecule has 0 fully saturated rings. The summed E-state index contributed by atoms with van der Waals surface area (Å²) in [7, 11) is 0. The number of thioether (sulfide) groups is 1. The second-order valence-corrected chi connectivity index (χ2v) is 8.52. The molecule has 0 saturated heterocycles. The van der Waals surface area contributed by atoms with Gasteiger partial charge in [-0.1, -0.05) is 41.9 Å². The summed E-state index contributed by atoms with van der Waals surface area (Å²) in [6, 6.07) is 23.7. The van der Waals surface area contributed by atoms with Gasteiger partial charge in [0, 0.05) is 47.1 Å². The van der Waals surface area contributed by atoms with Gasteiger partial charge in [0.1, 0.15) is 0 Å². The average molecular weight is 436 g/mol. The highest BCUT2D eigenvalue weighted by atomic mass is 35.5. The highest BCUT2D eigenvalue weighted by Gasteiger charge is 2.10. The molecule has 0 bridgehead atoms. The number of hydrogen-bond acceptors (Lipinski definition) is 4. The van der Waals surface area contributed by atoms with E-state index in [2.05, 4.69) is 22.4 Å². The van der Waals surface area contributed by atoms with E-state index in [1.165, 1.54) is 4.90 Å². The maximum atomic E-state index is 13.2. The van der Waals surface area contributed by atoms with E-state index in [0.717, 1.165) is 27.9 Å². The Labute approximate surface area is 184 Å². The van der Waals surface area contributed by atoms with Gasteiger partial charge in [-0.15, -0.1) is 11.8 Å². The fourth-order valence-corrected chi connectivity index (χ4v) is 4.38. The molecule has 2 aromatic carbocycles. The maximum Gasteiger partial charge on any atom is 0.255 e. The van der Waals surface area contributed by atoms with Crippen molar-refractivity contribution in [3.63, 3.8) is 0 Å². The van der Waals surface area contributed by atoms with E-state index in [4.69, 9.17) is 11.6 Å². The third-order valence-corrected chi connectivity index (χ3v) is 6.03. The van der Waals surface area contributed by atoms with Gasteiger partial charge >= 0.3 is 0 Å². The van der Waals surface area contributed by atoms with E-state index in [1.807, 2.05) is 65.2 Å². The Morgan fingerprint density at radius 3 is 2.60 bits per heavy atom. The average Bonchev–Trinajstić information content (AvgIpc) is 2.78. The molecule has 4 rings (SSSR count). The minimum absolute atomic E-state index is 0.0203. The molecule has 0 unspecified atom stereocenters. The van der Waals surface area contributed by atoms with Gasteiger partial charge in [-0.25, -0.2) is 0 Å². The Morgan fingerprint density at radius 1 is 0.967 bits per heavy atom. The lowest BCUT2D eigenvalue weighted by atomic mass is 10.1. The summed E-state index contributed by atoms with van der Waals surface area (Å²) < 4.78 is 1.84. The Bertz CT molecular complexity index is 1180. The second-order valence-electron chi connectivity index (χ2n) is 6.92. The number of halogens is 1. The summed E-state index contributed by atoms with van der Waals surface area (Å²) in [4.78, 5) is 18.7. The molecule has 2 aromatic heterocycles. The highest BCUT2D eigenvalue weighted by molar-refractivity contribution is 7.99. The van der Waals surface area contributed by atoms with Gasteiger partial charge in [0.15, 0.2) is 0 Å². The van der Waals surface area contributed by atoms with Crippen LogP contribution < -0.4 is 10.9 Å². The van der Waals surface area contributed by atoms with E-state index < -0.39 is 0 Å². The van der Waals surface area contributed by atoms with Crippen molar-refractivity contribution < 1.29 is 0 Å². The van der Waals surface area contributed by atoms with Crippen molar-refractivity contribution in [3.8, 4) is 0 Å². The Hall–Kier alpha value is -2.60. The van der Waals surface area contributed by atoms with Crippen LogP contribution in [0.15, 0.2) is 88.7 Å². The van der Waals surface area contributed by atoms with Crippen LogP contribution in [0, 0.1) is 0 Å². The van der Waals surface area contributed by atoms with Crippen LogP contribution in [0.1, 0.15) is 11.3 Å². The predicted molar refractivity (Wildman–Crippen MR) is 125 cm³/mol. The number of aromatic nitrogens is 2. The number of aryl methyl sites for hydroxylation is 1. The van der Waals surface area contributed by atoms with Crippen molar-refractivity contribution >= 4 is 34.3 Å². The molecule has 0 saturated carbocycles. The molecule has 0 amide bonds. The van der Waals surface area contributed by atoms with Crippen molar-refractivity contribution in [2.75, 3.05) is 5.75 Å². The van der Waals surface area contributed by atoms with Crippen LogP contribution in [-0.4, -0.2) is 15.3 Å². The molecule has 4 aromatic rings. The Kier molecular flexibility index (Phi) is 6.84. The first-order valence-corrected chi connectivity index (χ1v) is 11.2. The normalized spacial score (nSPS) is 11.1. The number of pyridine rings is 2.